The van der Waals surface area contributed by atoms with Crippen molar-refractivity contribution in [1.82, 2.24) is 4.90 Å². The highest BCUT2D eigenvalue weighted by Crippen LogP contribution is 2.22. The van der Waals surface area contributed by atoms with E-state index in [2.05, 4.69) is 32.9 Å². The number of hydrogen-bond acceptors (Lipinski definition) is 3. The predicted octanol–water partition coefficient (Wildman–Crippen LogP) is 2.76. The van der Waals surface area contributed by atoms with Crippen LogP contribution < -0.4 is 0 Å². The van der Waals surface area contributed by atoms with Gasteiger partial charge in [-0.05, 0) is 16.5 Å². The van der Waals surface area contributed by atoms with Gasteiger partial charge in [-0.3, -0.25) is 9.59 Å². The summed E-state index contributed by atoms with van der Waals surface area (Å²) in [5.41, 5.74) is 2.45. The Morgan fingerprint density at radius 1 is 1.14 bits per heavy atom. The molecule has 1 aromatic rings. The summed E-state index contributed by atoms with van der Waals surface area (Å²) < 4.78 is 0. The van der Waals surface area contributed by atoms with Gasteiger partial charge in [0.2, 0.25) is 5.91 Å². The minimum atomic E-state index is -0.895. The molecule has 0 aliphatic heterocycles. The third-order valence-electron chi connectivity index (χ3n) is 3.12. The zero-order valence-corrected chi connectivity index (χ0v) is 13.9. The number of carboxylic acids is 1. The molecule has 0 aromatic heterocycles. The van der Waals surface area contributed by atoms with Crippen LogP contribution in [0.4, 0.5) is 0 Å². The second-order valence-electron chi connectivity index (χ2n) is 6.08. The van der Waals surface area contributed by atoms with Crippen LogP contribution in [0, 0.1) is 0 Å². The van der Waals surface area contributed by atoms with Gasteiger partial charge in [-0.15, -0.1) is 11.8 Å². The summed E-state index contributed by atoms with van der Waals surface area (Å²) in [5, 5.41) is 8.55. The van der Waals surface area contributed by atoms with E-state index in [1.165, 1.54) is 5.56 Å². The van der Waals surface area contributed by atoms with Crippen LogP contribution in [-0.2, 0) is 21.5 Å². The van der Waals surface area contributed by atoms with Gasteiger partial charge in [0, 0.05) is 13.6 Å². The van der Waals surface area contributed by atoms with Crippen molar-refractivity contribution in [2.24, 2.45) is 0 Å². The van der Waals surface area contributed by atoms with Crippen LogP contribution in [0.1, 0.15) is 31.9 Å². The van der Waals surface area contributed by atoms with Crippen LogP contribution in [0.3, 0.4) is 0 Å². The maximum atomic E-state index is 11.9. The normalized spacial score (nSPS) is 11.2. The van der Waals surface area contributed by atoms with Crippen LogP contribution in [0.25, 0.3) is 0 Å². The molecular formula is C16H23NO3S. The summed E-state index contributed by atoms with van der Waals surface area (Å²) in [6.07, 6.45) is 0. The number of nitrogens with zero attached hydrogens (tertiary/aromatic N) is 1. The van der Waals surface area contributed by atoms with Crippen LogP contribution in [-0.4, -0.2) is 40.4 Å². The quantitative estimate of drug-likeness (QED) is 0.878. The number of hydrogen-bond donors (Lipinski definition) is 1. The molecule has 1 N–H and O–H groups in total. The largest absolute Gasteiger partial charge is 0.481 e. The lowest BCUT2D eigenvalue weighted by atomic mass is 9.87. The topological polar surface area (TPSA) is 57.6 Å². The number of carbonyl (C=O) groups excluding carboxylic acids is 1. The highest BCUT2D eigenvalue weighted by molar-refractivity contribution is 8.00. The minimum Gasteiger partial charge on any atom is -0.481 e. The molecule has 1 aromatic carbocycles. The highest BCUT2D eigenvalue weighted by Gasteiger charge is 2.14. The molecule has 1 rings (SSSR count). The van der Waals surface area contributed by atoms with E-state index in [0.29, 0.717) is 6.54 Å². The third kappa shape index (κ3) is 6.21. The van der Waals surface area contributed by atoms with E-state index in [-0.39, 0.29) is 22.8 Å². The Labute approximate surface area is 130 Å². The van der Waals surface area contributed by atoms with Crippen molar-refractivity contribution < 1.29 is 14.7 Å². The summed E-state index contributed by atoms with van der Waals surface area (Å²) >= 11 is 1.12. The van der Waals surface area contributed by atoms with Crippen molar-refractivity contribution in [3.05, 3.63) is 35.4 Å². The number of aliphatic carboxylic acids is 1. The van der Waals surface area contributed by atoms with Gasteiger partial charge in [-0.2, -0.15) is 0 Å². The van der Waals surface area contributed by atoms with E-state index >= 15 is 0 Å². The highest BCUT2D eigenvalue weighted by atomic mass is 32.2. The maximum Gasteiger partial charge on any atom is 0.313 e. The van der Waals surface area contributed by atoms with E-state index < -0.39 is 5.97 Å². The second-order valence-corrected chi connectivity index (χ2v) is 7.07. The zero-order valence-electron chi connectivity index (χ0n) is 13.0. The Balaban J connectivity index is 2.52. The van der Waals surface area contributed by atoms with E-state index in [1.807, 2.05) is 12.1 Å². The molecular weight excluding hydrogens is 286 g/mol. The Hall–Kier alpha value is -1.49. The van der Waals surface area contributed by atoms with Gasteiger partial charge in [-0.25, -0.2) is 0 Å². The average Bonchev–Trinajstić information content (AvgIpc) is 2.37. The Morgan fingerprint density at radius 3 is 2.19 bits per heavy atom. The lowest BCUT2D eigenvalue weighted by molar-refractivity contribution is -0.133. The molecule has 0 aliphatic rings. The minimum absolute atomic E-state index is 0.0418. The molecule has 0 bridgehead atoms. The molecule has 4 nitrogen and oxygen atoms in total. The van der Waals surface area contributed by atoms with Gasteiger partial charge in [0.1, 0.15) is 0 Å². The number of carbonyl (C=O) groups is 2. The Morgan fingerprint density at radius 2 is 1.71 bits per heavy atom. The van der Waals surface area contributed by atoms with E-state index in [0.717, 1.165) is 17.3 Å². The number of amides is 1. The Bertz CT molecular complexity index is 491. The second kappa shape index (κ2) is 7.50. The number of carboxylic acid groups (broad SMARTS) is 1. The lowest BCUT2D eigenvalue weighted by Crippen LogP contribution is -2.28. The van der Waals surface area contributed by atoms with Crippen molar-refractivity contribution in [3.63, 3.8) is 0 Å². The first-order valence-corrected chi connectivity index (χ1v) is 7.98. The SMILES string of the molecule is CN(Cc1ccc(C(C)(C)C)cc1)C(=O)CSCC(=O)O. The number of benzene rings is 1. The van der Waals surface area contributed by atoms with Gasteiger partial charge in [0.25, 0.3) is 0 Å². The monoisotopic (exact) mass is 309 g/mol. The predicted molar refractivity (Wildman–Crippen MR) is 86.6 cm³/mol. The molecule has 1 amide bonds. The van der Waals surface area contributed by atoms with Crippen molar-refractivity contribution in [2.45, 2.75) is 32.7 Å². The molecule has 21 heavy (non-hydrogen) atoms. The summed E-state index contributed by atoms with van der Waals surface area (Å²) in [7, 11) is 1.74. The van der Waals surface area contributed by atoms with Gasteiger partial charge in [0.05, 0.1) is 11.5 Å². The van der Waals surface area contributed by atoms with E-state index in [4.69, 9.17) is 5.11 Å². The molecule has 0 radical (unpaired) electrons. The van der Waals surface area contributed by atoms with Crippen LogP contribution in [0.5, 0.6) is 0 Å². The third-order valence-corrected chi connectivity index (χ3v) is 4.02. The van der Waals surface area contributed by atoms with Crippen molar-refractivity contribution >= 4 is 23.6 Å². The van der Waals surface area contributed by atoms with Crippen molar-refractivity contribution in [2.75, 3.05) is 18.6 Å². The summed E-state index contributed by atoms with van der Waals surface area (Å²) in [4.78, 5) is 23.9. The standard InChI is InChI=1S/C16H23NO3S/c1-16(2,3)13-7-5-12(6-8-13)9-17(4)14(18)10-21-11-15(19)20/h5-8H,9-11H2,1-4H3,(H,19,20). The first-order chi connectivity index (χ1) is 9.70. The summed E-state index contributed by atoms with van der Waals surface area (Å²) in [6, 6.07) is 8.25. The molecule has 0 unspecified atom stereocenters. The van der Waals surface area contributed by atoms with Gasteiger partial charge in [0.15, 0.2) is 0 Å². The fourth-order valence-electron chi connectivity index (χ4n) is 1.81. The van der Waals surface area contributed by atoms with Crippen LogP contribution in [0.15, 0.2) is 24.3 Å². The van der Waals surface area contributed by atoms with Crippen molar-refractivity contribution in [3.8, 4) is 0 Å². The first-order valence-electron chi connectivity index (χ1n) is 6.83. The maximum absolute atomic E-state index is 11.9. The molecule has 0 heterocycles. The first kappa shape index (κ1) is 17.6. The molecule has 0 spiro atoms. The molecule has 0 fully saturated rings. The van der Waals surface area contributed by atoms with Crippen LogP contribution >= 0.6 is 11.8 Å². The fraction of sp³-hybridized carbons (Fsp3) is 0.500. The smallest absolute Gasteiger partial charge is 0.313 e. The average molecular weight is 309 g/mol. The van der Waals surface area contributed by atoms with Crippen molar-refractivity contribution in [1.29, 1.82) is 0 Å². The number of rotatable bonds is 6. The van der Waals surface area contributed by atoms with Crippen LogP contribution in [0.2, 0.25) is 0 Å². The molecule has 0 saturated heterocycles. The zero-order chi connectivity index (χ0) is 16.0. The van der Waals surface area contributed by atoms with Gasteiger partial charge in [-0.1, -0.05) is 45.0 Å². The molecule has 0 aliphatic carbocycles. The Kier molecular flexibility index (Phi) is 6.27. The fourth-order valence-corrected chi connectivity index (χ4v) is 2.48. The molecule has 5 heteroatoms. The molecule has 0 atom stereocenters. The summed E-state index contributed by atoms with van der Waals surface area (Å²) in [5.74, 6) is -0.794. The number of thioether (sulfide) groups is 1. The molecule has 0 saturated carbocycles. The van der Waals surface area contributed by atoms with E-state index in [1.54, 1.807) is 11.9 Å². The lowest BCUT2D eigenvalue weighted by Gasteiger charge is -2.21. The van der Waals surface area contributed by atoms with Gasteiger partial charge < -0.3 is 10.0 Å². The van der Waals surface area contributed by atoms with Gasteiger partial charge >= 0.3 is 5.97 Å². The molecule has 116 valence electrons. The summed E-state index contributed by atoms with van der Waals surface area (Å²) in [6.45, 7) is 7.03. The van der Waals surface area contributed by atoms with E-state index in [9.17, 15) is 9.59 Å².